The minimum Gasteiger partial charge on any atom is -0.383 e. The maximum atomic E-state index is 5.19. The fourth-order valence-corrected chi connectivity index (χ4v) is 2.33. The lowest BCUT2D eigenvalue weighted by atomic mass is 9.90. The third kappa shape index (κ3) is 3.22. The maximum Gasteiger partial charge on any atom is 0.0615 e. The smallest absolute Gasteiger partial charge is 0.0615 e. The van der Waals surface area contributed by atoms with Crippen molar-refractivity contribution in [1.29, 1.82) is 0 Å². The summed E-state index contributed by atoms with van der Waals surface area (Å²) in [6.07, 6.45) is 4.16. The van der Waals surface area contributed by atoms with Crippen molar-refractivity contribution in [3.63, 3.8) is 0 Å². The number of alkyl halides is 1. The third-order valence-corrected chi connectivity index (χ3v) is 3.22. The van der Waals surface area contributed by atoms with Gasteiger partial charge in [0.15, 0.2) is 0 Å². The Balaban J connectivity index is 2.35. The van der Waals surface area contributed by atoms with E-state index in [1.807, 2.05) is 0 Å². The predicted molar refractivity (Wildman–Crippen MR) is 59.5 cm³/mol. The molecule has 0 bridgehead atoms. The number of nitrogens with zero attached hydrogens (tertiary/aromatic N) is 1. The summed E-state index contributed by atoms with van der Waals surface area (Å²) < 4.78 is 5.19. The Hall–Kier alpha value is 0.400. The lowest BCUT2D eigenvalue weighted by Gasteiger charge is -2.40. The average Bonchev–Trinajstić information content (AvgIpc) is 2.01. The van der Waals surface area contributed by atoms with Gasteiger partial charge in [0, 0.05) is 31.1 Å². The Morgan fingerprint density at radius 1 is 1.54 bits per heavy atom. The summed E-state index contributed by atoms with van der Waals surface area (Å²) >= 11 is 3.51. The number of rotatable bonds is 6. The second-order valence-corrected chi connectivity index (χ2v) is 4.61. The first-order valence-electron chi connectivity index (χ1n) is 5.10. The molecule has 0 aromatic heterocycles. The Morgan fingerprint density at radius 2 is 2.23 bits per heavy atom. The van der Waals surface area contributed by atoms with Gasteiger partial charge in [0.25, 0.3) is 0 Å². The van der Waals surface area contributed by atoms with Crippen molar-refractivity contribution in [3.05, 3.63) is 0 Å². The number of methoxy groups -OCH3 is 1. The molecule has 1 aliphatic carbocycles. The van der Waals surface area contributed by atoms with Crippen LogP contribution in [0.15, 0.2) is 0 Å². The molecule has 3 heteroatoms. The zero-order chi connectivity index (χ0) is 9.68. The molecule has 0 amide bonds. The van der Waals surface area contributed by atoms with E-state index in [1.54, 1.807) is 7.11 Å². The summed E-state index contributed by atoms with van der Waals surface area (Å²) in [5, 5.41) is 1.07. The summed E-state index contributed by atoms with van der Waals surface area (Å²) in [4.78, 5) is 2.57. The number of hydrogen-bond acceptors (Lipinski definition) is 2. The number of hydrogen-bond donors (Lipinski definition) is 0. The highest BCUT2D eigenvalue weighted by molar-refractivity contribution is 9.09. The molecular formula is C10H20BrNO. The molecule has 0 radical (unpaired) electrons. The Morgan fingerprint density at radius 3 is 2.62 bits per heavy atom. The molecule has 2 nitrogen and oxygen atoms in total. The highest BCUT2D eigenvalue weighted by Crippen LogP contribution is 2.26. The zero-order valence-electron chi connectivity index (χ0n) is 8.63. The van der Waals surface area contributed by atoms with Crippen molar-refractivity contribution in [2.45, 2.75) is 38.3 Å². The molecular weight excluding hydrogens is 230 g/mol. The molecule has 1 rings (SSSR count). The lowest BCUT2D eigenvalue weighted by molar-refractivity contribution is 0.0453. The van der Waals surface area contributed by atoms with Gasteiger partial charge in [-0.3, -0.25) is 4.90 Å². The van der Waals surface area contributed by atoms with Crippen molar-refractivity contribution in [2.75, 3.05) is 25.6 Å². The quantitative estimate of drug-likeness (QED) is 0.670. The van der Waals surface area contributed by atoms with Crippen LogP contribution in [0.25, 0.3) is 0 Å². The van der Waals surface area contributed by atoms with Crippen molar-refractivity contribution < 1.29 is 4.74 Å². The summed E-state index contributed by atoms with van der Waals surface area (Å²) in [6.45, 7) is 4.25. The van der Waals surface area contributed by atoms with E-state index in [4.69, 9.17) is 4.74 Å². The molecule has 0 aliphatic heterocycles. The number of halogens is 1. The Bertz CT molecular complexity index is 139. The van der Waals surface area contributed by atoms with Crippen LogP contribution in [-0.2, 0) is 4.74 Å². The van der Waals surface area contributed by atoms with Crippen molar-refractivity contribution >= 4 is 15.9 Å². The molecule has 1 atom stereocenters. The Kier molecular flexibility index (Phi) is 5.29. The molecule has 1 unspecified atom stereocenters. The highest BCUT2D eigenvalue weighted by atomic mass is 79.9. The van der Waals surface area contributed by atoms with Crippen LogP contribution >= 0.6 is 15.9 Å². The van der Waals surface area contributed by atoms with E-state index in [2.05, 4.69) is 27.8 Å². The van der Waals surface area contributed by atoms with E-state index >= 15 is 0 Å². The Labute approximate surface area is 89.8 Å². The fraction of sp³-hybridized carbons (Fsp3) is 1.00. The van der Waals surface area contributed by atoms with Crippen molar-refractivity contribution in [3.8, 4) is 0 Å². The first-order valence-corrected chi connectivity index (χ1v) is 6.22. The predicted octanol–water partition coefficient (Wildman–Crippen LogP) is 2.27. The monoisotopic (exact) mass is 249 g/mol. The lowest BCUT2D eigenvalue weighted by Crippen LogP contribution is -2.48. The van der Waals surface area contributed by atoms with E-state index < -0.39 is 0 Å². The zero-order valence-corrected chi connectivity index (χ0v) is 10.2. The van der Waals surface area contributed by atoms with E-state index in [1.165, 1.54) is 19.3 Å². The van der Waals surface area contributed by atoms with Crippen LogP contribution in [-0.4, -0.2) is 42.6 Å². The van der Waals surface area contributed by atoms with Crippen LogP contribution in [0.2, 0.25) is 0 Å². The topological polar surface area (TPSA) is 12.5 Å². The molecule has 0 aromatic rings. The van der Waals surface area contributed by atoms with Gasteiger partial charge in [0.1, 0.15) is 0 Å². The van der Waals surface area contributed by atoms with Gasteiger partial charge in [0.2, 0.25) is 0 Å². The minimum atomic E-state index is 0.563. The molecule has 1 saturated carbocycles. The van der Waals surface area contributed by atoms with Gasteiger partial charge in [-0.2, -0.15) is 0 Å². The summed E-state index contributed by atoms with van der Waals surface area (Å²) in [5.74, 6) is 0. The molecule has 78 valence electrons. The summed E-state index contributed by atoms with van der Waals surface area (Å²) in [6, 6.07) is 1.38. The molecule has 1 fully saturated rings. The van der Waals surface area contributed by atoms with Gasteiger partial charge in [-0.25, -0.2) is 0 Å². The SMILES string of the molecule is COCC(C)N(CCBr)C1CCC1. The van der Waals surface area contributed by atoms with Gasteiger partial charge in [-0.05, 0) is 19.8 Å². The summed E-state index contributed by atoms with van der Waals surface area (Å²) in [7, 11) is 1.78. The van der Waals surface area contributed by atoms with Crippen LogP contribution in [0.5, 0.6) is 0 Å². The first-order chi connectivity index (χ1) is 6.29. The van der Waals surface area contributed by atoms with E-state index in [-0.39, 0.29) is 0 Å². The third-order valence-electron chi connectivity index (χ3n) is 2.86. The van der Waals surface area contributed by atoms with Crippen molar-refractivity contribution in [1.82, 2.24) is 4.90 Å². The minimum absolute atomic E-state index is 0.563. The molecule has 1 aliphatic rings. The van der Waals surface area contributed by atoms with Gasteiger partial charge >= 0.3 is 0 Å². The molecule has 0 saturated heterocycles. The standard InChI is InChI=1S/C10H20BrNO/c1-9(8-13-2)12(7-6-11)10-4-3-5-10/h9-10H,3-8H2,1-2H3. The van der Waals surface area contributed by atoms with Crippen LogP contribution in [0.4, 0.5) is 0 Å². The van der Waals surface area contributed by atoms with Gasteiger partial charge < -0.3 is 4.74 Å². The van der Waals surface area contributed by atoms with Crippen LogP contribution in [0.1, 0.15) is 26.2 Å². The highest BCUT2D eigenvalue weighted by Gasteiger charge is 2.27. The van der Waals surface area contributed by atoms with E-state index in [9.17, 15) is 0 Å². The largest absolute Gasteiger partial charge is 0.383 e. The first kappa shape index (κ1) is 11.5. The maximum absolute atomic E-state index is 5.19. The average molecular weight is 250 g/mol. The molecule has 0 heterocycles. The summed E-state index contributed by atoms with van der Waals surface area (Å²) in [5.41, 5.74) is 0. The fourth-order valence-electron chi connectivity index (χ4n) is 1.92. The normalized spacial score (nSPS) is 20.3. The van der Waals surface area contributed by atoms with Crippen LogP contribution in [0, 0.1) is 0 Å². The van der Waals surface area contributed by atoms with Crippen LogP contribution < -0.4 is 0 Å². The molecule has 0 aromatic carbocycles. The molecule has 0 spiro atoms. The van der Waals surface area contributed by atoms with Gasteiger partial charge in [0.05, 0.1) is 6.61 Å². The molecule has 0 N–H and O–H groups in total. The molecule has 13 heavy (non-hydrogen) atoms. The van der Waals surface area contributed by atoms with Gasteiger partial charge in [-0.1, -0.05) is 22.4 Å². The van der Waals surface area contributed by atoms with Crippen LogP contribution in [0.3, 0.4) is 0 Å². The number of ether oxygens (including phenoxy) is 1. The van der Waals surface area contributed by atoms with E-state index in [0.717, 1.165) is 24.5 Å². The van der Waals surface area contributed by atoms with E-state index in [0.29, 0.717) is 6.04 Å². The van der Waals surface area contributed by atoms with Gasteiger partial charge in [-0.15, -0.1) is 0 Å². The second kappa shape index (κ2) is 5.99. The second-order valence-electron chi connectivity index (χ2n) is 3.82. The van der Waals surface area contributed by atoms with Crippen molar-refractivity contribution in [2.24, 2.45) is 0 Å².